The summed E-state index contributed by atoms with van der Waals surface area (Å²) in [5, 5.41) is 0. The number of rotatable bonds is 3. The first-order chi connectivity index (χ1) is 8.72. The minimum Gasteiger partial charge on any atom is -0.492 e. The van der Waals surface area contributed by atoms with Gasteiger partial charge in [-0.15, -0.1) is 0 Å². The molecule has 0 spiro atoms. The van der Waals surface area contributed by atoms with Crippen LogP contribution in [-0.2, 0) is 0 Å². The van der Waals surface area contributed by atoms with E-state index in [4.69, 9.17) is 4.74 Å². The Balaban J connectivity index is 2.14. The third-order valence-electron chi connectivity index (χ3n) is 3.33. The molecule has 4 heteroatoms. The summed E-state index contributed by atoms with van der Waals surface area (Å²) >= 11 is 0. The lowest BCUT2D eigenvalue weighted by Crippen LogP contribution is -2.42. The first-order valence-corrected chi connectivity index (χ1v) is 6.61. The smallest absolute Gasteiger partial charge is 0.255 e. The summed E-state index contributed by atoms with van der Waals surface area (Å²) in [6.45, 7) is 5.45. The van der Waals surface area contributed by atoms with Crippen molar-refractivity contribution in [2.75, 3.05) is 13.2 Å². The third kappa shape index (κ3) is 2.81. The van der Waals surface area contributed by atoms with E-state index in [0.29, 0.717) is 24.0 Å². The topological polar surface area (TPSA) is 42.4 Å². The van der Waals surface area contributed by atoms with E-state index < -0.39 is 0 Å². The highest BCUT2D eigenvalue weighted by molar-refractivity contribution is 5.94. The Hall–Kier alpha value is -1.58. The zero-order valence-electron chi connectivity index (χ0n) is 11.1. The number of piperidine rings is 1. The van der Waals surface area contributed by atoms with Gasteiger partial charge in [-0.2, -0.15) is 0 Å². The highest BCUT2D eigenvalue weighted by atomic mass is 16.5. The van der Waals surface area contributed by atoms with Gasteiger partial charge in [0.15, 0.2) is 0 Å². The summed E-state index contributed by atoms with van der Waals surface area (Å²) in [6.07, 6.45) is 6.65. The second-order valence-corrected chi connectivity index (χ2v) is 4.69. The number of aromatic nitrogens is 1. The van der Waals surface area contributed by atoms with Crippen LogP contribution in [0.4, 0.5) is 0 Å². The highest BCUT2D eigenvalue weighted by Gasteiger charge is 2.24. The standard InChI is InChI=1S/C14H20N2O2/c1-3-18-13-8-12(9-15-10-13)14(17)16-7-5-4-6-11(16)2/h8-11H,3-7H2,1-2H3/t11-/m1/s1. The monoisotopic (exact) mass is 248 g/mol. The van der Waals surface area contributed by atoms with Crippen LogP contribution in [0.3, 0.4) is 0 Å². The normalized spacial score (nSPS) is 19.7. The Kier molecular flexibility index (Phi) is 4.18. The van der Waals surface area contributed by atoms with Crippen LogP contribution in [0.1, 0.15) is 43.5 Å². The minimum atomic E-state index is 0.0660. The molecular formula is C14H20N2O2. The summed E-state index contributed by atoms with van der Waals surface area (Å²) in [5.41, 5.74) is 0.620. The quantitative estimate of drug-likeness (QED) is 0.825. The van der Waals surface area contributed by atoms with Gasteiger partial charge in [0.05, 0.1) is 18.4 Å². The van der Waals surface area contributed by atoms with Crippen molar-refractivity contribution in [1.29, 1.82) is 0 Å². The molecule has 1 aromatic rings. The molecule has 18 heavy (non-hydrogen) atoms. The van der Waals surface area contributed by atoms with E-state index in [1.807, 2.05) is 11.8 Å². The van der Waals surface area contributed by atoms with Crippen molar-refractivity contribution >= 4 is 5.91 Å². The number of likely N-dealkylation sites (tertiary alicyclic amines) is 1. The van der Waals surface area contributed by atoms with Gasteiger partial charge in [0.25, 0.3) is 5.91 Å². The van der Waals surface area contributed by atoms with Crippen molar-refractivity contribution in [3.63, 3.8) is 0 Å². The Morgan fingerprint density at radius 2 is 2.33 bits per heavy atom. The molecule has 0 radical (unpaired) electrons. The largest absolute Gasteiger partial charge is 0.492 e. The van der Waals surface area contributed by atoms with Crippen LogP contribution in [0.2, 0.25) is 0 Å². The zero-order chi connectivity index (χ0) is 13.0. The average molecular weight is 248 g/mol. The van der Waals surface area contributed by atoms with Crippen LogP contribution < -0.4 is 4.74 Å². The Bertz CT molecular complexity index is 420. The van der Waals surface area contributed by atoms with Crippen LogP contribution in [-0.4, -0.2) is 35.0 Å². The molecule has 0 unspecified atom stereocenters. The molecule has 1 aliphatic heterocycles. The van der Waals surface area contributed by atoms with Crippen LogP contribution in [0.25, 0.3) is 0 Å². The number of carbonyl (C=O) groups is 1. The second kappa shape index (κ2) is 5.85. The Morgan fingerprint density at radius 1 is 1.50 bits per heavy atom. The van der Waals surface area contributed by atoms with Gasteiger partial charge in [-0.05, 0) is 39.2 Å². The third-order valence-corrected chi connectivity index (χ3v) is 3.33. The molecule has 1 saturated heterocycles. The molecule has 0 aliphatic carbocycles. The van der Waals surface area contributed by atoms with Gasteiger partial charge in [0.1, 0.15) is 5.75 Å². The molecule has 1 aromatic heterocycles. The van der Waals surface area contributed by atoms with Crippen molar-refractivity contribution in [2.24, 2.45) is 0 Å². The zero-order valence-corrected chi connectivity index (χ0v) is 11.1. The van der Waals surface area contributed by atoms with E-state index in [2.05, 4.69) is 11.9 Å². The lowest BCUT2D eigenvalue weighted by molar-refractivity contribution is 0.0634. The van der Waals surface area contributed by atoms with Crippen LogP contribution in [0.5, 0.6) is 5.75 Å². The molecule has 0 aromatic carbocycles. The summed E-state index contributed by atoms with van der Waals surface area (Å²) in [4.78, 5) is 18.4. The van der Waals surface area contributed by atoms with Crippen molar-refractivity contribution in [1.82, 2.24) is 9.88 Å². The number of carbonyl (C=O) groups excluding carboxylic acids is 1. The highest BCUT2D eigenvalue weighted by Crippen LogP contribution is 2.20. The van der Waals surface area contributed by atoms with Crippen molar-refractivity contribution < 1.29 is 9.53 Å². The van der Waals surface area contributed by atoms with Crippen LogP contribution >= 0.6 is 0 Å². The van der Waals surface area contributed by atoms with Crippen molar-refractivity contribution in [3.8, 4) is 5.75 Å². The van der Waals surface area contributed by atoms with Crippen LogP contribution in [0, 0.1) is 0 Å². The number of pyridine rings is 1. The number of hydrogen-bond donors (Lipinski definition) is 0. The van der Waals surface area contributed by atoms with E-state index in [1.165, 1.54) is 6.42 Å². The van der Waals surface area contributed by atoms with Gasteiger partial charge in [-0.1, -0.05) is 0 Å². The van der Waals surface area contributed by atoms with E-state index in [-0.39, 0.29) is 5.91 Å². The molecule has 0 N–H and O–H groups in total. The molecule has 0 saturated carbocycles. The van der Waals surface area contributed by atoms with Gasteiger partial charge in [-0.25, -0.2) is 0 Å². The second-order valence-electron chi connectivity index (χ2n) is 4.69. The van der Waals surface area contributed by atoms with Gasteiger partial charge >= 0.3 is 0 Å². The number of nitrogens with zero attached hydrogens (tertiary/aromatic N) is 2. The fraction of sp³-hybridized carbons (Fsp3) is 0.571. The van der Waals surface area contributed by atoms with Gasteiger partial charge in [-0.3, -0.25) is 9.78 Å². The van der Waals surface area contributed by atoms with Crippen molar-refractivity contribution in [3.05, 3.63) is 24.0 Å². The molecule has 0 bridgehead atoms. The Morgan fingerprint density at radius 3 is 3.06 bits per heavy atom. The van der Waals surface area contributed by atoms with E-state index >= 15 is 0 Å². The van der Waals surface area contributed by atoms with E-state index in [9.17, 15) is 4.79 Å². The van der Waals surface area contributed by atoms with Gasteiger partial charge in [0.2, 0.25) is 0 Å². The molecule has 1 amide bonds. The number of hydrogen-bond acceptors (Lipinski definition) is 3. The summed E-state index contributed by atoms with van der Waals surface area (Å²) < 4.78 is 5.38. The van der Waals surface area contributed by atoms with Crippen molar-refractivity contribution in [2.45, 2.75) is 39.2 Å². The number of amides is 1. The molecular weight excluding hydrogens is 228 g/mol. The molecule has 2 heterocycles. The molecule has 1 fully saturated rings. The lowest BCUT2D eigenvalue weighted by Gasteiger charge is -2.33. The summed E-state index contributed by atoms with van der Waals surface area (Å²) in [6, 6.07) is 2.10. The fourth-order valence-electron chi connectivity index (χ4n) is 2.35. The Labute approximate surface area is 108 Å². The maximum atomic E-state index is 12.4. The SMILES string of the molecule is CCOc1cncc(C(=O)N2CCCC[C@H]2C)c1. The maximum Gasteiger partial charge on any atom is 0.255 e. The summed E-state index contributed by atoms with van der Waals surface area (Å²) in [7, 11) is 0. The minimum absolute atomic E-state index is 0.0660. The maximum absolute atomic E-state index is 12.4. The molecule has 98 valence electrons. The molecule has 2 rings (SSSR count). The summed E-state index contributed by atoms with van der Waals surface area (Å²) in [5.74, 6) is 0.726. The first kappa shape index (κ1) is 12.9. The van der Waals surface area contributed by atoms with E-state index in [0.717, 1.165) is 19.4 Å². The first-order valence-electron chi connectivity index (χ1n) is 6.61. The number of ether oxygens (including phenoxy) is 1. The molecule has 4 nitrogen and oxygen atoms in total. The molecule has 1 aliphatic rings. The van der Waals surface area contributed by atoms with Gasteiger partial charge in [0, 0.05) is 18.8 Å². The molecule has 1 atom stereocenters. The average Bonchev–Trinajstić information content (AvgIpc) is 2.39. The van der Waals surface area contributed by atoms with Crippen LogP contribution in [0.15, 0.2) is 18.5 Å². The van der Waals surface area contributed by atoms with E-state index in [1.54, 1.807) is 18.5 Å². The lowest BCUT2D eigenvalue weighted by atomic mass is 10.0. The predicted octanol–water partition coefficient (Wildman–Crippen LogP) is 2.49. The fourth-order valence-corrected chi connectivity index (χ4v) is 2.35. The van der Waals surface area contributed by atoms with Gasteiger partial charge < -0.3 is 9.64 Å². The predicted molar refractivity (Wildman–Crippen MR) is 69.8 cm³/mol.